The molecule has 85 heavy (non-hydrogen) atoms. The number of nitrogens with one attached hydrogen (secondary N) is 6. The summed E-state index contributed by atoms with van der Waals surface area (Å²) in [5.41, 5.74) is 2.18. The van der Waals surface area contributed by atoms with E-state index in [-0.39, 0.29) is 38.0 Å². The fourth-order valence-electron chi connectivity index (χ4n) is 21.5. The van der Waals surface area contributed by atoms with E-state index in [2.05, 4.69) is 81.8 Å². The minimum Gasteiger partial charge on any atom is -0.481 e. The van der Waals surface area contributed by atoms with Crippen LogP contribution in [0, 0.1) is 109 Å². The highest BCUT2D eigenvalue weighted by atomic mass is 16.7. The fourth-order valence-corrected chi connectivity index (χ4v) is 21.5. The maximum atomic E-state index is 15.8. The second-order valence-electron chi connectivity index (χ2n) is 29.2. The Labute approximate surface area is 498 Å². The van der Waals surface area contributed by atoms with Crippen LogP contribution in [-0.4, -0.2) is 185 Å². The largest absolute Gasteiger partial charge is 0.481 e. The third-order valence-corrected chi connectivity index (χ3v) is 25.8. The van der Waals surface area contributed by atoms with Gasteiger partial charge in [-0.25, -0.2) is 9.97 Å². The molecule has 0 radical (unpaired) electrons. The number of amides is 1. The number of H-pyrrole nitrogens is 2. The highest BCUT2D eigenvalue weighted by Gasteiger charge is 2.79. The van der Waals surface area contributed by atoms with E-state index < -0.39 is 165 Å². The summed E-state index contributed by atoms with van der Waals surface area (Å²) in [5, 5.41) is 121. The van der Waals surface area contributed by atoms with Crippen molar-refractivity contribution >= 4 is 17.7 Å². The second kappa shape index (κ2) is 22.2. The van der Waals surface area contributed by atoms with Crippen molar-refractivity contribution in [2.45, 2.75) is 167 Å². The molecule has 0 aromatic carbocycles. The number of ether oxygens (including phenoxy) is 2. The molecule has 22 nitrogen and oxygen atoms in total. The zero-order valence-electron chi connectivity index (χ0n) is 50.2. The second-order valence-corrected chi connectivity index (χ2v) is 29.2. The summed E-state index contributed by atoms with van der Waals surface area (Å²) >= 11 is 0. The molecule has 7 aliphatic carbocycles. The van der Waals surface area contributed by atoms with Crippen molar-refractivity contribution in [2.24, 2.45) is 103 Å². The number of nitrogens with zero attached hydrogens (tertiary/aromatic N) is 2. The molecule has 5 heterocycles. The minimum atomic E-state index is -1.72. The van der Waals surface area contributed by atoms with Crippen LogP contribution in [0.5, 0.6) is 0 Å². The number of imidazole rings is 2. The van der Waals surface area contributed by atoms with Crippen LogP contribution in [0.2, 0.25) is 0 Å². The molecule has 2 aromatic rings. The van der Waals surface area contributed by atoms with Gasteiger partial charge in [-0.1, -0.05) is 71.5 Å². The number of carboxylic acid groups (broad SMARTS) is 1. The predicted molar refractivity (Wildman–Crippen MR) is 310 cm³/mol. The quantitative estimate of drug-likeness (QED) is 0.0369. The summed E-state index contributed by atoms with van der Waals surface area (Å²) in [6.07, 6.45) is 0.162. The number of anilines is 1. The topological polar surface area (TPSA) is 366 Å². The van der Waals surface area contributed by atoms with Crippen LogP contribution in [0.1, 0.15) is 117 Å². The zero-order valence-corrected chi connectivity index (χ0v) is 50.2. The molecule has 1 spiro atoms. The van der Waals surface area contributed by atoms with Crippen molar-refractivity contribution < 1.29 is 65.0 Å². The average molecular weight is 1190 g/mol. The van der Waals surface area contributed by atoms with Gasteiger partial charge in [-0.2, -0.15) is 0 Å². The molecule has 3 aliphatic heterocycles. The van der Waals surface area contributed by atoms with E-state index in [0.717, 1.165) is 17.8 Å². The first-order valence-corrected chi connectivity index (χ1v) is 31.7. The molecule has 17 N–H and O–H groups in total. The highest BCUT2D eigenvalue weighted by molar-refractivity contribution is 5.87. The lowest BCUT2D eigenvalue weighted by Gasteiger charge is -2.76. The minimum absolute atomic E-state index is 0.106. The van der Waals surface area contributed by atoms with Gasteiger partial charge in [-0.3, -0.25) is 9.59 Å². The van der Waals surface area contributed by atoms with Gasteiger partial charge in [0.15, 0.2) is 6.29 Å². The van der Waals surface area contributed by atoms with Crippen LogP contribution in [0.3, 0.4) is 0 Å². The van der Waals surface area contributed by atoms with Crippen LogP contribution in [0.15, 0.2) is 30.5 Å². The summed E-state index contributed by atoms with van der Waals surface area (Å²) in [7, 11) is 0. The lowest BCUT2D eigenvalue weighted by molar-refractivity contribution is -0.343. The zero-order chi connectivity index (χ0) is 60.6. The Kier molecular flexibility index (Phi) is 16.0. The molecule has 7 fully saturated rings. The number of aliphatic hydroxyl groups is 8. The van der Waals surface area contributed by atoms with E-state index >= 15 is 4.79 Å². The molecule has 12 rings (SSSR count). The normalized spacial score (nSPS) is 47.3. The summed E-state index contributed by atoms with van der Waals surface area (Å²) in [5.74, 6) is 1.07. The standard InChI is InChI=1S/C63H95N9O13/c1-7-65-17-18-66-23-33(52(64)80)46(76)44(41-25-67-29-69-41)45-36-20-37-47(77)51(85-54-49(79)48(78)42(75)26-84-54)58(3,28-74)43-12-14-59(4)50(60(37,43)5)31(10-11-32-9-8-13-62(32,36)55(81)72-45)19-34-38-22-57(2,27-73)15-16-63(38,56(82)83)39-24-68-53-40(70-30-71-53)21-35(39)61(34,59)6/h19,25,29-33,35-39,42-52,54,65-66,68,73-80H,7-9,12-18,20-24,26-28,64H2,1-6H3,(H,67,69)(H,70,71)(H,72,81)(H,82,83). The molecule has 27 unspecified atom stereocenters. The Hall–Kier alpha value is -4.06. The summed E-state index contributed by atoms with van der Waals surface area (Å²) in [4.78, 5) is 46.4. The Bertz CT molecular complexity index is 2900. The number of fused-ring (bicyclic) bond motifs is 8. The van der Waals surface area contributed by atoms with Crippen molar-refractivity contribution in [1.29, 1.82) is 0 Å². The van der Waals surface area contributed by atoms with Crippen LogP contribution >= 0.6 is 0 Å². The smallest absolute Gasteiger partial charge is 0.310 e. The number of carbonyl (C=O) groups is 2. The van der Waals surface area contributed by atoms with Gasteiger partial charge < -0.3 is 92.4 Å². The molecule has 10 aliphatic rings. The van der Waals surface area contributed by atoms with E-state index in [1.54, 1.807) is 12.5 Å². The maximum Gasteiger partial charge on any atom is 0.310 e. The number of allylic oxidation sites excluding steroid dienone is 2. The van der Waals surface area contributed by atoms with Crippen molar-refractivity contribution in [1.82, 2.24) is 35.9 Å². The third kappa shape index (κ3) is 8.80. The number of aliphatic carboxylic acids is 1. The van der Waals surface area contributed by atoms with Crippen molar-refractivity contribution in [3.05, 3.63) is 41.9 Å². The monoisotopic (exact) mass is 1190 g/mol. The van der Waals surface area contributed by atoms with Crippen molar-refractivity contribution in [3.63, 3.8) is 0 Å². The van der Waals surface area contributed by atoms with Crippen LogP contribution < -0.4 is 27.0 Å². The van der Waals surface area contributed by atoms with E-state index in [1.165, 1.54) is 6.33 Å². The molecular formula is C63H95N9O13. The highest BCUT2D eigenvalue weighted by Crippen LogP contribution is 2.80. The first-order valence-electron chi connectivity index (χ1n) is 31.7. The number of carbonyl (C=O) groups excluding carboxylic acids is 1. The first-order chi connectivity index (χ1) is 40.5. The number of aromatic nitrogens is 4. The number of aromatic amines is 2. The molecule has 470 valence electrons. The van der Waals surface area contributed by atoms with E-state index in [4.69, 9.17) is 20.2 Å². The maximum absolute atomic E-state index is 15.8. The van der Waals surface area contributed by atoms with Gasteiger partial charge in [0.05, 0.1) is 60.7 Å². The third-order valence-electron chi connectivity index (χ3n) is 25.8. The van der Waals surface area contributed by atoms with E-state index in [0.29, 0.717) is 88.9 Å². The summed E-state index contributed by atoms with van der Waals surface area (Å²) < 4.78 is 12.9. The van der Waals surface area contributed by atoms with Gasteiger partial charge in [0, 0.05) is 79.8 Å². The van der Waals surface area contributed by atoms with Gasteiger partial charge in [0.1, 0.15) is 30.4 Å². The summed E-state index contributed by atoms with van der Waals surface area (Å²) in [6, 6.07) is -0.841. The van der Waals surface area contributed by atoms with Crippen LogP contribution in [0.25, 0.3) is 0 Å². The van der Waals surface area contributed by atoms with Gasteiger partial charge in [0.2, 0.25) is 5.91 Å². The van der Waals surface area contributed by atoms with Crippen molar-refractivity contribution in [3.8, 4) is 11.8 Å². The average Bonchev–Trinajstić information content (AvgIpc) is 1.43. The number of rotatable bonds is 16. The number of aliphatic hydroxyl groups excluding tert-OH is 8. The Morgan fingerprint density at radius 2 is 1.71 bits per heavy atom. The Morgan fingerprint density at radius 1 is 0.929 bits per heavy atom. The van der Waals surface area contributed by atoms with E-state index in [9.17, 15) is 50.8 Å². The number of hydrogen-bond acceptors (Lipinski definition) is 18. The van der Waals surface area contributed by atoms with Crippen LogP contribution in [0.4, 0.5) is 5.82 Å². The lowest BCUT2D eigenvalue weighted by Crippen LogP contribution is -2.75. The molecule has 5 saturated carbocycles. The van der Waals surface area contributed by atoms with Gasteiger partial charge in [-0.05, 0) is 127 Å². The molecular weight excluding hydrogens is 1090 g/mol. The number of nitrogens with two attached hydrogens (primary N) is 1. The number of hydrogen-bond donors (Lipinski definition) is 16. The van der Waals surface area contributed by atoms with Crippen molar-refractivity contribution in [2.75, 3.05) is 57.9 Å². The number of likely N-dealkylation sites (N-methyl/N-ethyl adjacent to an activating group) is 1. The molecule has 2 aromatic heterocycles. The van der Waals surface area contributed by atoms with Crippen LogP contribution in [-0.2, 0) is 25.5 Å². The molecule has 27 atom stereocenters. The fraction of sp³-hybridized carbons (Fsp3) is 0.810. The summed E-state index contributed by atoms with van der Waals surface area (Å²) in [6.45, 7) is 14.5. The molecule has 2 saturated heterocycles. The molecule has 0 bridgehead atoms. The first kappa shape index (κ1) is 61.2. The van der Waals surface area contributed by atoms with Gasteiger partial charge in [0.25, 0.3) is 0 Å². The molecule has 22 heteroatoms. The van der Waals surface area contributed by atoms with Gasteiger partial charge in [-0.15, -0.1) is 0 Å². The van der Waals surface area contributed by atoms with E-state index in [1.807, 2.05) is 13.8 Å². The Balaban J connectivity index is 1.09. The number of carboxylic acids is 1. The van der Waals surface area contributed by atoms with Gasteiger partial charge >= 0.3 is 5.97 Å². The lowest BCUT2D eigenvalue weighted by atomic mass is 9.28. The Morgan fingerprint density at radius 3 is 2.41 bits per heavy atom. The SMILES string of the molecule is CCNCCNCC(C(N)O)C(O)C(c1cnc[nH]1)C1NC(=O)C23CCCC2C#CC2C=C4C5CC(C)(CO)CCC5(C(=O)O)C5CNc6nc[nH]c6CC5C4(C)C4(C)CCC5C(C)(CO)C(OC6OCC(O)C(O)C6O)C(O)C(CC13)C5(C)C24. The predicted octanol–water partition coefficient (Wildman–Crippen LogP) is 1.18. The molecule has 1 amide bonds.